The first-order chi connectivity index (χ1) is 8.83. The van der Waals surface area contributed by atoms with Crippen molar-refractivity contribution in [2.45, 2.75) is 40.2 Å². The number of carbonyl (C=O) groups is 1. The second-order valence-electron chi connectivity index (χ2n) is 6.00. The molecule has 1 amide bonds. The molecule has 0 spiro atoms. The van der Waals surface area contributed by atoms with Crippen LogP contribution < -0.4 is 11.1 Å². The van der Waals surface area contributed by atoms with Gasteiger partial charge < -0.3 is 15.6 Å². The maximum absolute atomic E-state index is 11.9. The van der Waals surface area contributed by atoms with Crippen LogP contribution in [0.4, 0.5) is 0 Å². The first-order valence-electron chi connectivity index (χ1n) is 6.75. The standard InChI is InChI=1S/C14H26N4O/c1-10(2)11(6-15)12-7-17-9-18(12)8-14(3,4)13(19)16-5/h7,9-11H,6,8,15H2,1-5H3,(H,16,19). The Morgan fingerprint density at radius 2 is 2.16 bits per heavy atom. The van der Waals surface area contributed by atoms with Gasteiger partial charge in [0.2, 0.25) is 5.91 Å². The van der Waals surface area contributed by atoms with Gasteiger partial charge in [-0.15, -0.1) is 0 Å². The van der Waals surface area contributed by atoms with Crippen molar-refractivity contribution in [3.8, 4) is 0 Å². The molecule has 1 unspecified atom stereocenters. The van der Waals surface area contributed by atoms with E-state index in [1.54, 1.807) is 13.4 Å². The molecule has 0 saturated carbocycles. The van der Waals surface area contributed by atoms with E-state index in [0.717, 1.165) is 5.69 Å². The maximum atomic E-state index is 11.9. The summed E-state index contributed by atoms with van der Waals surface area (Å²) in [6.45, 7) is 9.36. The van der Waals surface area contributed by atoms with Gasteiger partial charge in [0.05, 0.1) is 11.7 Å². The van der Waals surface area contributed by atoms with Gasteiger partial charge in [0, 0.05) is 37.9 Å². The number of nitrogens with one attached hydrogen (secondary N) is 1. The Bertz CT molecular complexity index is 423. The van der Waals surface area contributed by atoms with Crippen molar-refractivity contribution in [3.63, 3.8) is 0 Å². The number of nitrogens with two attached hydrogens (primary N) is 1. The molecule has 1 atom stereocenters. The lowest BCUT2D eigenvalue weighted by Gasteiger charge is -2.27. The number of carbonyl (C=O) groups excluding carboxylic acids is 1. The summed E-state index contributed by atoms with van der Waals surface area (Å²) in [7, 11) is 1.66. The highest BCUT2D eigenvalue weighted by atomic mass is 16.2. The van der Waals surface area contributed by atoms with E-state index in [1.165, 1.54) is 0 Å². The molecular weight excluding hydrogens is 240 g/mol. The van der Waals surface area contributed by atoms with Crippen LogP contribution in [-0.2, 0) is 11.3 Å². The van der Waals surface area contributed by atoms with E-state index in [2.05, 4.69) is 24.1 Å². The van der Waals surface area contributed by atoms with Crippen LogP contribution in [0.25, 0.3) is 0 Å². The monoisotopic (exact) mass is 266 g/mol. The second-order valence-corrected chi connectivity index (χ2v) is 6.00. The van der Waals surface area contributed by atoms with Crippen LogP contribution in [-0.4, -0.2) is 29.1 Å². The third-order valence-electron chi connectivity index (χ3n) is 3.59. The summed E-state index contributed by atoms with van der Waals surface area (Å²) >= 11 is 0. The number of nitrogens with zero attached hydrogens (tertiary/aromatic N) is 2. The number of imidazole rings is 1. The fraction of sp³-hybridized carbons (Fsp3) is 0.714. The van der Waals surface area contributed by atoms with Gasteiger partial charge in [0.1, 0.15) is 0 Å². The minimum absolute atomic E-state index is 0.0287. The maximum Gasteiger partial charge on any atom is 0.227 e. The van der Waals surface area contributed by atoms with Gasteiger partial charge in [-0.2, -0.15) is 0 Å². The molecule has 0 fully saturated rings. The Hall–Kier alpha value is -1.36. The molecular formula is C14H26N4O. The zero-order chi connectivity index (χ0) is 14.6. The Morgan fingerprint density at radius 1 is 1.53 bits per heavy atom. The van der Waals surface area contributed by atoms with Crippen molar-refractivity contribution in [1.82, 2.24) is 14.9 Å². The molecule has 0 aliphatic heterocycles. The molecule has 1 rings (SSSR count). The van der Waals surface area contributed by atoms with Crippen LogP contribution in [0.3, 0.4) is 0 Å². The highest BCUT2D eigenvalue weighted by Gasteiger charge is 2.29. The normalized spacial score (nSPS) is 13.6. The highest BCUT2D eigenvalue weighted by molar-refractivity contribution is 5.81. The molecule has 1 heterocycles. The summed E-state index contributed by atoms with van der Waals surface area (Å²) in [6.07, 6.45) is 3.64. The van der Waals surface area contributed by atoms with E-state index >= 15 is 0 Å². The van der Waals surface area contributed by atoms with E-state index in [4.69, 9.17) is 5.73 Å². The molecule has 1 aromatic rings. The first kappa shape index (κ1) is 15.7. The summed E-state index contributed by atoms with van der Waals surface area (Å²) in [5.41, 5.74) is 6.50. The van der Waals surface area contributed by atoms with Crippen LogP contribution in [0.1, 0.15) is 39.3 Å². The highest BCUT2D eigenvalue weighted by Crippen LogP contribution is 2.26. The van der Waals surface area contributed by atoms with Gasteiger partial charge in [-0.25, -0.2) is 4.98 Å². The fourth-order valence-corrected chi connectivity index (χ4v) is 2.34. The minimum atomic E-state index is -0.472. The second kappa shape index (κ2) is 6.19. The lowest BCUT2D eigenvalue weighted by molar-refractivity contribution is -0.129. The number of hydrogen-bond acceptors (Lipinski definition) is 3. The molecule has 0 aliphatic rings. The largest absolute Gasteiger partial charge is 0.359 e. The summed E-state index contributed by atoms with van der Waals surface area (Å²) in [4.78, 5) is 16.1. The molecule has 0 aliphatic carbocycles. The average molecular weight is 266 g/mol. The van der Waals surface area contributed by atoms with Crippen molar-refractivity contribution in [3.05, 3.63) is 18.2 Å². The van der Waals surface area contributed by atoms with E-state index in [1.807, 2.05) is 24.6 Å². The van der Waals surface area contributed by atoms with Gasteiger partial charge in [0.25, 0.3) is 0 Å². The number of hydrogen-bond donors (Lipinski definition) is 2. The molecule has 5 nitrogen and oxygen atoms in total. The topological polar surface area (TPSA) is 72.9 Å². The molecule has 0 saturated heterocycles. The van der Waals surface area contributed by atoms with Crippen molar-refractivity contribution in [2.75, 3.05) is 13.6 Å². The van der Waals surface area contributed by atoms with Crippen LogP contribution in [0, 0.1) is 11.3 Å². The molecule has 0 aromatic carbocycles. The number of aromatic nitrogens is 2. The third kappa shape index (κ3) is 3.56. The number of amides is 1. The van der Waals surface area contributed by atoms with Gasteiger partial charge in [-0.1, -0.05) is 13.8 Å². The third-order valence-corrected chi connectivity index (χ3v) is 3.59. The Labute approximate surface area is 115 Å². The first-order valence-corrected chi connectivity index (χ1v) is 6.75. The molecule has 1 aromatic heterocycles. The van der Waals surface area contributed by atoms with Crippen LogP contribution in [0.2, 0.25) is 0 Å². The predicted molar refractivity (Wildman–Crippen MR) is 76.7 cm³/mol. The summed E-state index contributed by atoms with van der Waals surface area (Å²) in [5.74, 6) is 0.743. The molecule has 5 heteroatoms. The minimum Gasteiger partial charge on any atom is -0.359 e. The molecule has 3 N–H and O–H groups in total. The molecule has 0 bridgehead atoms. The summed E-state index contributed by atoms with van der Waals surface area (Å²) < 4.78 is 2.05. The lowest BCUT2D eigenvalue weighted by Crippen LogP contribution is -2.38. The van der Waals surface area contributed by atoms with Gasteiger partial charge in [0.15, 0.2) is 0 Å². The Kier molecular flexibility index (Phi) is 5.11. The van der Waals surface area contributed by atoms with Gasteiger partial charge in [-0.05, 0) is 19.8 Å². The SMILES string of the molecule is CNC(=O)C(C)(C)Cn1cncc1C(CN)C(C)C. The van der Waals surface area contributed by atoms with E-state index in [0.29, 0.717) is 19.0 Å². The Balaban J connectivity index is 2.98. The number of rotatable bonds is 6. The molecule has 0 radical (unpaired) electrons. The average Bonchev–Trinajstić information content (AvgIpc) is 2.76. The smallest absolute Gasteiger partial charge is 0.227 e. The molecule has 19 heavy (non-hydrogen) atoms. The van der Waals surface area contributed by atoms with Gasteiger partial charge >= 0.3 is 0 Å². The zero-order valence-electron chi connectivity index (χ0n) is 12.6. The fourth-order valence-electron chi connectivity index (χ4n) is 2.34. The van der Waals surface area contributed by atoms with Crippen LogP contribution >= 0.6 is 0 Å². The lowest BCUT2D eigenvalue weighted by atomic mass is 9.90. The molecule has 108 valence electrons. The van der Waals surface area contributed by atoms with E-state index in [-0.39, 0.29) is 11.8 Å². The van der Waals surface area contributed by atoms with Crippen molar-refractivity contribution >= 4 is 5.91 Å². The van der Waals surface area contributed by atoms with Crippen LogP contribution in [0.5, 0.6) is 0 Å². The summed E-state index contributed by atoms with van der Waals surface area (Å²) in [6, 6.07) is 0. The van der Waals surface area contributed by atoms with E-state index < -0.39 is 5.41 Å². The predicted octanol–water partition coefficient (Wildman–Crippen LogP) is 1.35. The quantitative estimate of drug-likeness (QED) is 0.816. The van der Waals surface area contributed by atoms with Crippen molar-refractivity contribution in [1.29, 1.82) is 0 Å². The Morgan fingerprint density at radius 3 is 2.63 bits per heavy atom. The summed E-state index contributed by atoms with van der Waals surface area (Å²) in [5, 5.41) is 2.71. The van der Waals surface area contributed by atoms with E-state index in [9.17, 15) is 4.79 Å². The zero-order valence-corrected chi connectivity index (χ0v) is 12.6. The van der Waals surface area contributed by atoms with Crippen molar-refractivity contribution in [2.24, 2.45) is 17.1 Å². The van der Waals surface area contributed by atoms with Gasteiger partial charge in [-0.3, -0.25) is 4.79 Å². The van der Waals surface area contributed by atoms with Crippen LogP contribution in [0.15, 0.2) is 12.5 Å². The van der Waals surface area contributed by atoms with Crippen molar-refractivity contribution < 1.29 is 4.79 Å².